The molecule has 1 amide bonds. The zero-order valence-electron chi connectivity index (χ0n) is 14.8. The van der Waals surface area contributed by atoms with Crippen LogP contribution in [0.5, 0.6) is 5.75 Å². The van der Waals surface area contributed by atoms with Crippen molar-refractivity contribution in [2.45, 2.75) is 18.6 Å². The van der Waals surface area contributed by atoms with E-state index in [1.165, 1.54) is 5.56 Å². The Morgan fingerprint density at radius 1 is 1.16 bits per heavy atom. The maximum Gasteiger partial charge on any atom is 0.255 e. The minimum atomic E-state index is -0.143. The minimum absolute atomic E-state index is 0.00618. The van der Waals surface area contributed by atoms with Gasteiger partial charge in [-0.25, -0.2) is 0 Å². The van der Waals surface area contributed by atoms with Crippen molar-refractivity contribution in [3.05, 3.63) is 59.2 Å². The lowest BCUT2D eigenvalue weighted by Crippen LogP contribution is -2.50. The smallest absolute Gasteiger partial charge is 0.255 e. The van der Waals surface area contributed by atoms with Crippen molar-refractivity contribution in [2.75, 3.05) is 32.6 Å². The van der Waals surface area contributed by atoms with Crippen LogP contribution >= 0.6 is 0 Å². The van der Waals surface area contributed by atoms with Crippen LogP contribution in [0.25, 0.3) is 0 Å². The summed E-state index contributed by atoms with van der Waals surface area (Å²) in [5, 5.41) is 3.17. The van der Waals surface area contributed by atoms with E-state index in [0.717, 1.165) is 35.5 Å². The van der Waals surface area contributed by atoms with Gasteiger partial charge in [-0.15, -0.1) is 0 Å². The van der Waals surface area contributed by atoms with E-state index in [1.807, 2.05) is 36.4 Å². The van der Waals surface area contributed by atoms with Crippen LogP contribution in [-0.4, -0.2) is 38.6 Å². The summed E-state index contributed by atoms with van der Waals surface area (Å²) in [6.07, 6.45) is 0.890. The number of hydrogen-bond donors (Lipinski definition) is 1. The largest absolute Gasteiger partial charge is 0.497 e. The van der Waals surface area contributed by atoms with Crippen LogP contribution in [-0.2, 0) is 0 Å². The number of rotatable bonds is 3. The van der Waals surface area contributed by atoms with Crippen molar-refractivity contribution in [1.29, 1.82) is 0 Å². The van der Waals surface area contributed by atoms with E-state index in [0.29, 0.717) is 6.04 Å². The van der Waals surface area contributed by atoms with Gasteiger partial charge in [-0.1, -0.05) is 24.3 Å². The second kappa shape index (κ2) is 6.08. The number of nitrogens with one attached hydrogen (secondary N) is 1. The van der Waals surface area contributed by atoms with Crippen molar-refractivity contribution in [3.63, 3.8) is 0 Å². The SMILES string of the molecule is COc1ccc(C2NC(=O)c3cccc4c3N2CCC4N(C)C)cc1. The first kappa shape index (κ1) is 16.0. The van der Waals surface area contributed by atoms with Gasteiger partial charge in [0, 0.05) is 12.6 Å². The second-order valence-electron chi connectivity index (χ2n) is 6.85. The average molecular weight is 337 g/mol. The molecule has 25 heavy (non-hydrogen) atoms. The topological polar surface area (TPSA) is 44.8 Å². The summed E-state index contributed by atoms with van der Waals surface area (Å²) in [6.45, 7) is 0.907. The molecule has 0 aliphatic carbocycles. The maximum absolute atomic E-state index is 12.7. The molecular weight excluding hydrogens is 314 g/mol. The Hall–Kier alpha value is -2.53. The van der Waals surface area contributed by atoms with Gasteiger partial charge in [0.05, 0.1) is 18.4 Å². The molecule has 0 fully saturated rings. The molecule has 2 aromatic rings. The van der Waals surface area contributed by atoms with Crippen LogP contribution in [0.2, 0.25) is 0 Å². The van der Waals surface area contributed by atoms with Gasteiger partial charge in [-0.05, 0) is 49.8 Å². The third-order valence-corrected chi connectivity index (χ3v) is 5.24. The van der Waals surface area contributed by atoms with Crippen molar-refractivity contribution >= 4 is 11.6 Å². The average Bonchev–Trinajstić information content (AvgIpc) is 2.64. The molecule has 2 heterocycles. The Kier molecular flexibility index (Phi) is 3.88. The molecule has 2 aliphatic rings. The first-order valence-electron chi connectivity index (χ1n) is 8.61. The Bertz CT molecular complexity index is 801. The molecule has 0 radical (unpaired) electrons. The molecule has 2 atom stereocenters. The summed E-state index contributed by atoms with van der Waals surface area (Å²) in [6, 6.07) is 14.3. The van der Waals surface area contributed by atoms with Crippen LogP contribution in [0.4, 0.5) is 5.69 Å². The van der Waals surface area contributed by atoms with Gasteiger partial charge < -0.3 is 19.9 Å². The van der Waals surface area contributed by atoms with E-state index in [-0.39, 0.29) is 12.1 Å². The molecule has 1 N–H and O–H groups in total. The zero-order chi connectivity index (χ0) is 17.6. The highest BCUT2D eigenvalue weighted by atomic mass is 16.5. The van der Waals surface area contributed by atoms with Gasteiger partial charge in [0.2, 0.25) is 0 Å². The first-order chi connectivity index (χ1) is 12.1. The molecule has 0 spiro atoms. The van der Waals surface area contributed by atoms with E-state index >= 15 is 0 Å². The lowest BCUT2D eigenvalue weighted by Gasteiger charge is -2.46. The Labute approximate surface area is 148 Å². The number of carbonyl (C=O) groups excluding carboxylic acids is 1. The number of para-hydroxylation sites is 1. The van der Waals surface area contributed by atoms with Crippen LogP contribution < -0.4 is 15.0 Å². The van der Waals surface area contributed by atoms with Crippen molar-refractivity contribution in [1.82, 2.24) is 10.2 Å². The first-order valence-corrected chi connectivity index (χ1v) is 8.61. The van der Waals surface area contributed by atoms with Gasteiger partial charge in [0.25, 0.3) is 5.91 Å². The Balaban J connectivity index is 1.80. The van der Waals surface area contributed by atoms with Gasteiger partial charge in [-0.3, -0.25) is 4.79 Å². The summed E-state index contributed by atoms with van der Waals surface area (Å²) in [7, 11) is 5.86. The molecule has 0 bridgehead atoms. The number of carbonyl (C=O) groups is 1. The van der Waals surface area contributed by atoms with E-state index in [9.17, 15) is 4.79 Å². The predicted molar refractivity (Wildman–Crippen MR) is 98.0 cm³/mol. The maximum atomic E-state index is 12.7. The standard InChI is InChI=1S/C20H23N3O2/c1-22(2)17-11-12-23-18-15(17)5-4-6-16(18)20(24)21-19(23)13-7-9-14(25-3)10-8-13/h4-10,17,19H,11-12H2,1-3H3,(H,21,24). The molecule has 0 aromatic heterocycles. The molecule has 2 unspecified atom stereocenters. The zero-order valence-corrected chi connectivity index (χ0v) is 14.8. The fraction of sp³-hybridized carbons (Fsp3) is 0.350. The second-order valence-corrected chi connectivity index (χ2v) is 6.85. The number of benzene rings is 2. The van der Waals surface area contributed by atoms with Crippen molar-refractivity contribution < 1.29 is 9.53 Å². The summed E-state index contributed by atoms with van der Waals surface area (Å²) >= 11 is 0. The summed E-state index contributed by atoms with van der Waals surface area (Å²) in [5.74, 6) is 0.812. The number of anilines is 1. The van der Waals surface area contributed by atoms with Crippen molar-refractivity contribution in [2.24, 2.45) is 0 Å². The summed E-state index contributed by atoms with van der Waals surface area (Å²) < 4.78 is 5.25. The molecule has 0 saturated heterocycles. The quantitative estimate of drug-likeness (QED) is 0.935. The molecule has 5 nitrogen and oxygen atoms in total. The fourth-order valence-electron chi connectivity index (χ4n) is 3.99. The van der Waals surface area contributed by atoms with Crippen LogP contribution in [0, 0.1) is 0 Å². The number of ether oxygens (including phenoxy) is 1. The summed E-state index contributed by atoms with van der Waals surface area (Å²) in [4.78, 5) is 17.3. The molecule has 2 aliphatic heterocycles. The van der Waals surface area contributed by atoms with Gasteiger partial charge in [-0.2, -0.15) is 0 Å². The minimum Gasteiger partial charge on any atom is -0.497 e. The van der Waals surface area contributed by atoms with E-state index in [1.54, 1.807) is 7.11 Å². The van der Waals surface area contributed by atoms with Crippen LogP contribution in [0.3, 0.4) is 0 Å². The highest BCUT2D eigenvalue weighted by Crippen LogP contribution is 2.44. The lowest BCUT2D eigenvalue weighted by atomic mass is 9.89. The van der Waals surface area contributed by atoms with E-state index in [2.05, 4.69) is 35.3 Å². The van der Waals surface area contributed by atoms with Gasteiger partial charge in [0.15, 0.2) is 0 Å². The van der Waals surface area contributed by atoms with Crippen LogP contribution in [0.1, 0.15) is 40.1 Å². The van der Waals surface area contributed by atoms with Crippen LogP contribution in [0.15, 0.2) is 42.5 Å². The summed E-state index contributed by atoms with van der Waals surface area (Å²) in [5.41, 5.74) is 4.16. The van der Waals surface area contributed by atoms with Crippen molar-refractivity contribution in [3.8, 4) is 5.75 Å². The third kappa shape index (κ3) is 2.55. The molecule has 4 rings (SSSR count). The molecular formula is C20H23N3O2. The number of hydrogen-bond acceptors (Lipinski definition) is 4. The number of nitrogens with zero attached hydrogens (tertiary/aromatic N) is 2. The van der Waals surface area contributed by atoms with Gasteiger partial charge in [0.1, 0.15) is 11.9 Å². The normalized spacial score (nSPS) is 21.8. The predicted octanol–water partition coefficient (Wildman–Crippen LogP) is 2.95. The Morgan fingerprint density at radius 2 is 1.92 bits per heavy atom. The fourth-order valence-corrected chi connectivity index (χ4v) is 3.99. The third-order valence-electron chi connectivity index (χ3n) is 5.24. The number of amides is 1. The molecule has 2 aromatic carbocycles. The Morgan fingerprint density at radius 3 is 2.60 bits per heavy atom. The van der Waals surface area contributed by atoms with Gasteiger partial charge >= 0.3 is 0 Å². The van der Waals surface area contributed by atoms with E-state index < -0.39 is 0 Å². The monoisotopic (exact) mass is 337 g/mol. The highest BCUT2D eigenvalue weighted by Gasteiger charge is 2.38. The van der Waals surface area contributed by atoms with E-state index in [4.69, 9.17) is 4.74 Å². The number of methoxy groups -OCH3 is 1. The lowest BCUT2D eigenvalue weighted by molar-refractivity contribution is 0.0923. The molecule has 0 saturated carbocycles. The molecule has 5 heteroatoms. The highest BCUT2D eigenvalue weighted by molar-refractivity contribution is 6.03. The molecule has 130 valence electrons.